The van der Waals surface area contributed by atoms with Crippen LogP contribution < -0.4 is 10.2 Å². The van der Waals surface area contributed by atoms with Gasteiger partial charge in [0.25, 0.3) is 0 Å². The number of nitrogens with one attached hydrogen (secondary N) is 1. The fourth-order valence-corrected chi connectivity index (χ4v) is 3.16. The summed E-state index contributed by atoms with van der Waals surface area (Å²) >= 11 is 0. The number of hydrogen-bond acceptors (Lipinski definition) is 3. The molecule has 20 heavy (non-hydrogen) atoms. The molecule has 1 aromatic heterocycles. The Kier molecular flexibility index (Phi) is 4.43. The molecule has 1 N–H and O–H groups in total. The van der Waals surface area contributed by atoms with Gasteiger partial charge >= 0.3 is 0 Å². The molecule has 114 valence electrons. The Morgan fingerprint density at radius 2 is 1.90 bits per heavy atom. The Bertz CT molecular complexity index is 450. The van der Waals surface area contributed by atoms with Gasteiger partial charge in [-0.05, 0) is 40.5 Å². The lowest BCUT2D eigenvalue weighted by molar-refractivity contribution is 0.423. The van der Waals surface area contributed by atoms with Crippen LogP contribution in [0.25, 0.3) is 0 Å². The van der Waals surface area contributed by atoms with Crippen molar-refractivity contribution in [1.82, 2.24) is 15.1 Å². The van der Waals surface area contributed by atoms with Gasteiger partial charge in [0.05, 0.1) is 5.69 Å². The van der Waals surface area contributed by atoms with Gasteiger partial charge in [0.2, 0.25) is 0 Å². The molecule has 0 aromatic carbocycles. The standard InChI is InChI=1S/C16H30N4/c1-12-14(11-17-16(2,3)4)15(20(6)18-12)19(5)13-9-7-8-10-13/h13,17H,7-11H2,1-6H3. The van der Waals surface area contributed by atoms with E-state index in [1.165, 1.54) is 37.1 Å². The third kappa shape index (κ3) is 3.35. The highest BCUT2D eigenvalue weighted by Gasteiger charge is 2.25. The summed E-state index contributed by atoms with van der Waals surface area (Å²) in [6, 6.07) is 0.679. The van der Waals surface area contributed by atoms with Crippen molar-refractivity contribution < 1.29 is 0 Å². The zero-order valence-electron chi connectivity index (χ0n) is 14.0. The molecule has 1 aliphatic rings. The molecule has 1 aromatic rings. The first kappa shape index (κ1) is 15.4. The van der Waals surface area contributed by atoms with Crippen molar-refractivity contribution in [2.24, 2.45) is 7.05 Å². The second-order valence-electron chi connectivity index (χ2n) is 7.16. The van der Waals surface area contributed by atoms with Gasteiger partial charge < -0.3 is 10.2 Å². The van der Waals surface area contributed by atoms with E-state index in [0.29, 0.717) is 6.04 Å². The lowest BCUT2D eigenvalue weighted by Gasteiger charge is -2.28. The molecule has 0 amide bonds. The highest BCUT2D eigenvalue weighted by molar-refractivity contribution is 5.50. The molecule has 0 atom stereocenters. The van der Waals surface area contributed by atoms with Gasteiger partial charge in [-0.25, -0.2) is 0 Å². The highest BCUT2D eigenvalue weighted by atomic mass is 15.4. The lowest BCUT2D eigenvalue weighted by Crippen LogP contribution is -2.36. The Labute approximate surface area is 123 Å². The van der Waals surface area contributed by atoms with E-state index in [0.717, 1.165) is 12.2 Å². The van der Waals surface area contributed by atoms with Crippen LogP contribution in [0.15, 0.2) is 0 Å². The Hall–Kier alpha value is -1.03. The van der Waals surface area contributed by atoms with E-state index >= 15 is 0 Å². The molecule has 1 aliphatic carbocycles. The molecule has 0 unspecified atom stereocenters. The summed E-state index contributed by atoms with van der Waals surface area (Å²) in [5.41, 5.74) is 2.62. The van der Waals surface area contributed by atoms with Gasteiger partial charge in [0.1, 0.15) is 5.82 Å². The van der Waals surface area contributed by atoms with Crippen LogP contribution in [0.3, 0.4) is 0 Å². The summed E-state index contributed by atoms with van der Waals surface area (Å²) in [6.07, 6.45) is 5.35. The fraction of sp³-hybridized carbons (Fsp3) is 0.812. The second-order valence-corrected chi connectivity index (χ2v) is 7.16. The van der Waals surface area contributed by atoms with E-state index in [-0.39, 0.29) is 5.54 Å². The summed E-state index contributed by atoms with van der Waals surface area (Å²) < 4.78 is 2.05. The first-order valence-electron chi connectivity index (χ1n) is 7.80. The molecule has 1 heterocycles. The van der Waals surface area contributed by atoms with Crippen molar-refractivity contribution >= 4 is 5.82 Å². The number of aryl methyl sites for hydroxylation is 2. The first-order valence-corrected chi connectivity index (χ1v) is 7.80. The van der Waals surface area contributed by atoms with Gasteiger partial charge in [-0.1, -0.05) is 12.8 Å². The maximum absolute atomic E-state index is 4.64. The Morgan fingerprint density at radius 1 is 1.30 bits per heavy atom. The molecule has 0 saturated heterocycles. The fourth-order valence-electron chi connectivity index (χ4n) is 3.16. The normalized spacial score (nSPS) is 16.9. The summed E-state index contributed by atoms with van der Waals surface area (Å²) in [4.78, 5) is 2.45. The van der Waals surface area contributed by atoms with Crippen molar-refractivity contribution in [2.45, 2.75) is 71.5 Å². The smallest absolute Gasteiger partial charge is 0.131 e. The minimum atomic E-state index is 0.130. The van der Waals surface area contributed by atoms with E-state index in [1.807, 2.05) is 4.68 Å². The predicted molar refractivity (Wildman–Crippen MR) is 85.2 cm³/mol. The molecule has 0 aliphatic heterocycles. The largest absolute Gasteiger partial charge is 0.357 e. The molecule has 4 heteroatoms. The lowest BCUT2D eigenvalue weighted by atomic mass is 10.1. The molecule has 2 rings (SSSR count). The number of rotatable bonds is 4. The van der Waals surface area contributed by atoms with Gasteiger partial charge in [0, 0.05) is 37.8 Å². The monoisotopic (exact) mass is 278 g/mol. The van der Waals surface area contributed by atoms with Gasteiger partial charge in [-0.3, -0.25) is 4.68 Å². The minimum absolute atomic E-state index is 0.130. The number of anilines is 1. The third-order valence-electron chi connectivity index (χ3n) is 4.32. The highest BCUT2D eigenvalue weighted by Crippen LogP contribution is 2.30. The average molecular weight is 278 g/mol. The van der Waals surface area contributed by atoms with Crippen LogP contribution in [0, 0.1) is 6.92 Å². The van der Waals surface area contributed by atoms with E-state index in [2.05, 4.69) is 57.1 Å². The first-order chi connectivity index (χ1) is 9.29. The van der Waals surface area contributed by atoms with Crippen LogP contribution in [0.2, 0.25) is 0 Å². The molecule has 4 nitrogen and oxygen atoms in total. The van der Waals surface area contributed by atoms with E-state index < -0.39 is 0 Å². The van der Waals surface area contributed by atoms with E-state index in [1.54, 1.807) is 0 Å². The number of hydrogen-bond donors (Lipinski definition) is 1. The SMILES string of the molecule is Cc1nn(C)c(N(C)C2CCCC2)c1CNC(C)(C)C. The van der Waals surface area contributed by atoms with Crippen molar-refractivity contribution in [3.63, 3.8) is 0 Å². The van der Waals surface area contributed by atoms with Crippen LogP contribution >= 0.6 is 0 Å². The summed E-state index contributed by atoms with van der Waals surface area (Å²) in [5.74, 6) is 1.28. The van der Waals surface area contributed by atoms with Crippen LogP contribution in [0.5, 0.6) is 0 Å². The van der Waals surface area contributed by atoms with Crippen molar-refractivity contribution in [3.05, 3.63) is 11.3 Å². The van der Waals surface area contributed by atoms with Gasteiger partial charge in [0.15, 0.2) is 0 Å². The quantitative estimate of drug-likeness (QED) is 0.919. The van der Waals surface area contributed by atoms with Crippen LogP contribution in [-0.4, -0.2) is 28.4 Å². The van der Waals surface area contributed by atoms with Gasteiger partial charge in [-0.15, -0.1) is 0 Å². The molecule has 0 radical (unpaired) electrons. The predicted octanol–water partition coefficient (Wildman–Crippen LogP) is 3.00. The van der Waals surface area contributed by atoms with Crippen LogP contribution in [0.1, 0.15) is 57.7 Å². The van der Waals surface area contributed by atoms with Crippen molar-refractivity contribution in [1.29, 1.82) is 0 Å². The number of nitrogens with zero attached hydrogens (tertiary/aromatic N) is 3. The third-order valence-corrected chi connectivity index (χ3v) is 4.32. The van der Waals surface area contributed by atoms with Crippen molar-refractivity contribution in [2.75, 3.05) is 11.9 Å². The Morgan fingerprint density at radius 3 is 2.45 bits per heavy atom. The van der Waals surface area contributed by atoms with Crippen molar-refractivity contribution in [3.8, 4) is 0 Å². The molecular weight excluding hydrogens is 248 g/mol. The topological polar surface area (TPSA) is 33.1 Å². The van der Waals surface area contributed by atoms with Crippen LogP contribution in [-0.2, 0) is 13.6 Å². The van der Waals surface area contributed by atoms with E-state index in [9.17, 15) is 0 Å². The summed E-state index contributed by atoms with van der Waals surface area (Å²) in [6.45, 7) is 9.62. The molecule has 1 saturated carbocycles. The van der Waals surface area contributed by atoms with Crippen LogP contribution in [0.4, 0.5) is 5.82 Å². The minimum Gasteiger partial charge on any atom is -0.357 e. The molecule has 0 spiro atoms. The molecular formula is C16H30N4. The Balaban J connectivity index is 2.22. The zero-order valence-corrected chi connectivity index (χ0v) is 14.0. The second kappa shape index (κ2) is 5.76. The summed E-state index contributed by atoms with van der Waals surface area (Å²) in [7, 11) is 4.29. The molecule has 1 fully saturated rings. The average Bonchev–Trinajstić information content (AvgIpc) is 2.93. The summed E-state index contributed by atoms with van der Waals surface area (Å²) in [5, 5.41) is 8.24. The number of aromatic nitrogens is 2. The maximum atomic E-state index is 4.64. The van der Waals surface area contributed by atoms with E-state index in [4.69, 9.17) is 0 Å². The molecule has 0 bridgehead atoms. The zero-order chi connectivity index (χ0) is 14.9. The van der Waals surface area contributed by atoms with Gasteiger partial charge in [-0.2, -0.15) is 5.10 Å². The maximum Gasteiger partial charge on any atom is 0.131 e.